The number of benzene rings is 3. The number of para-hydroxylation sites is 1. The van der Waals surface area contributed by atoms with Crippen LogP contribution in [-0.4, -0.2) is 51.9 Å². The van der Waals surface area contributed by atoms with Gasteiger partial charge in [0.25, 0.3) is 0 Å². The topological polar surface area (TPSA) is 64.3 Å². The minimum absolute atomic E-state index is 0.199. The van der Waals surface area contributed by atoms with Gasteiger partial charge in [-0.1, -0.05) is 54.6 Å². The SMILES string of the molecule is Cc1nc2ccc(CCC(=O)N3CCN(Cc4ccccc4)CCCNc4ccccc4C3)cc2[nH]1. The van der Waals surface area contributed by atoms with Gasteiger partial charge in [0.1, 0.15) is 5.82 Å². The van der Waals surface area contributed by atoms with Crippen LogP contribution in [0.1, 0.15) is 35.4 Å². The third kappa shape index (κ3) is 6.13. The van der Waals surface area contributed by atoms with Crippen LogP contribution in [0.15, 0.2) is 72.8 Å². The maximum absolute atomic E-state index is 13.5. The number of imidazole rings is 1. The number of carbonyl (C=O) groups is 1. The summed E-state index contributed by atoms with van der Waals surface area (Å²) in [6.07, 6.45) is 2.27. The quantitative estimate of drug-likeness (QED) is 0.414. The zero-order valence-electron chi connectivity index (χ0n) is 21.0. The Morgan fingerprint density at radius 1 is 0.944 bits per heavy atom. The fourth-order valence-electron chi connectivity index (χ4n) is 4.98. The van der Waals surface area contributed by atoms with E-state index in [0.717, 1.165) is 73.7 Å². The number of rotatable bonds is 5. The maximum atomic E-state index is 13.5. The van der Waals surface area contributed by atoms with Crippen molar-refractivity contribution in [3.05, 3.63) is 95.3 Å². The Bertz CT molecular complexity index is 1300. The first-order valence-electron chi connectivity index (χ1n) is 12.9. The lowest BCUT2D eigenvalue weighted by Gasteiger charge is -2.28. The summed E-state index contributed by atoms with van der Waals surface area (Å²) in [6, 6.07) is 25.2. The lowest BCUT2D eigenvalue weighted by molar-refractivity contribution is -0.132. The van der Waals surface area contributed by atoms with Gasteiger partial charge in [0.2, 0.25) is 5.91 Å². The number of hydrogen-bond donors (Lipinski definition) is 2. The zero-order chi connectivity index (χ0) is 24.7. The Kier molecular flexibility index (Phi) is 7.62. The highest BCUT2D eigenvalue weighted by atomic mass is 16.2. The Balaban J connectivity index is 1.30. The monoisotopic (exact) mass is 481 g/mol. The van der Waals surface area contributed by atoms with Crippen LogP contribution in [0, 0.1) is 6.92 Å². The van der Waals surface area contributed by atoms with Crippen molar-refractivity contribution < 1.29 is 4.79 Å². The van der Waals surface area contributed by atoms with Crippen LogP contribution in [-0.2, 0) is 24.3 Å². The van der Waals surface area contributed by atoms with Crippen LogP contribution in [0.5, 0.6) is 0 Å². The van der Waals surface area contributed by atoms with E-state index in [-0.39, 0.29) is 5.91 Å². The molecule has 0 radical (unpaired) electrons. The summed E-state index contributed by atoms with van der Waals surface area (Å²) >= 11 is 0. The van der Waals surface area contributed by atoms with Crippen molar-refractivity contribution in [1.29, 1.82) is 0 Å². The second-order valence-electron chi connectivity index (χ2n) is 9.69. The molecule has 0 fully saturated rings. The number of fused-ring (bicyclic) bond motifs is 2. The number of carbonyl (C=O) groups excluding carboxylic acids is 1. The van der Waals surface area contributed by atoms with Gasteiger partial charge in [-0.3, -0.25) is 9.69 Å². The highest BCUT2D eigenvalue weighted by Crippen LogP contribution is 2.20. The van der Waals surface area contributed by atoms with Crippen LogP contribution in [0.3, 0.4) is 0 Å². The summed E-state index contributed by atoms with van der Waals surface area (Å²) in [5, 5.41) is 3.61. The number of anilines is 1. The molecule has 186 valence electrons. The second-order valence-corrected chi connectivity index (χ2v) is 9.69. The first-order valence-corrected chi connectivity index (χ1v) is 12.9. The standard InChI is InChI=1S/C30H35N5O/c1-23-32-28-14-12-24(20-29(28)33-23)13-15-30(36)35-19-18-34(21-25-8-3-2-4-9-25)17-7-16-31-27-11-6-5-10-26(27)22-35/h2-6,8-12,14,20,31H,7,13,15-19,21-22H2,1H3,(H,32,33). The van der Waals surface area contributed by atoms with Crippen LogP contribution in [0.25, 0.3) is 11.0 Å². The third-order valence-corrected chi connectivity index (χ3v) is 6.93. The van der Waals surface area contributed by atoms with Gasteiger partial charge in [-0.15, -0.1) is 0 Å². The van der Waals surface area contributed by atoms with Gasteiger partial charge in [-0.2, -0.15) is 0 Å². The Morgan fingerprint density at radius 2 is 1.78 bits per heavy atom. The van der Waals surface area contributed by atoms with Crippen molar-refractivity contribution in [2.75, 3.05) is 31.5 Å². The van der Waals surface area contributed by atoms with Gasteiger partial charge in [0, 0.05) is 51.4 Å². The molecule has 0 spiro atoms. The minimum atomic E-state index is 0.199. The van der Waals surface area contributed by atoms with Crippen molar-refractivity contribution in [3.8, 4) is 0 Å². The molecule has 1 aliphatic heterocycles. The molecule has 0 aliphatic carbocycles. The van der Waals surface area contributed by atoms with Crippen LogP contribution in [0.4, 0.5) is 5.69 Å². The molecule has 6 nitrogen and oxygen atoms in total. The third-order valence-electron chi connectivity index (χ3n) is 6.93. The van der Waals surface area contributed by atoms with Gasteiger partial charge in [0.15, 0.2) is 0 Å². The van der Waals surface area contributed by atoms with E-state index in [1.807, 2.05) is 17.9 Å². The number of aromatic nitrogens is 2. The van der Waals surface area contributed by atoms with Gasteiger partial charge in [-0.25, -0.2) is 4.98 Å². The summed E-state index contributed by atoms with van der Waals surface area (Å²) in [5.41, 5.74) is 6.78. The molecule has 0 unspecified atom stereocenters. The first-order chi connectivity index (χ1) is 17.6. The number of amides is 1. The molecule has 2 N–H and O–H groups in total. The Morgan fingerprint density at radius 3 is 2.67 bits per heavy atom. The molecule has 0 atom stereocenters. The largest absolute Gasteiger partial charge is 0.385 e. The lowest BCUT2D eigenvalue weighted by atomic mass is 10.1. The predicted octanol–water partition coefficient (Wildman–Crippen LogP) is 5.15. The van der Waals surface area contributed by atoms with Crippen molar-refractivity contribution in [3.63, 3.8) is 0 Å². The molecule has 1 aliphatic rings. The molecule has 3 aromatic carbocycles. The molecular weight excluding hydrogens is 446 g/mol. The number of aryl methyl sites for hydroxylation is 2. The number of nitrogens with zero attached hydrogens (tertiary/aromatic N) is 3. The Hall–Kier alpha value is -3.64. The average molecular weight is 482 g/mol. The van der Waals surface area contributed by atoms with E-state index in [9.17, 15) is 4.79 Å². The number of nitrogens with one attached hydrogen (secondary N) is 2. The summed E-state index contributed by atoms with van der Waals surface area (Å²) in [5.74, 6) is 1.11. The summed E-state index contributed by atoms with van der Waals surface area (Å²) in [6.45, 7) is 6.99. The lowest BCUT2D eigenvalue weighted by Crippen LogP contribution is -2.38. The molecule has 2 heterocycles. The second kappa shape index (κ2) is 11.4. The fraction of sp³-hybridized carbons (Fsp3) is 0.333. The highest BCUT2D eigenvalue weighted by Gasteiger charge is 2.19. The molecule has 36 heavy (non-hydrogen) atoms. The minimum Gasteiger partial charge on any atom is -0.385 e. The molecule has 6 heteroatoms. The van der Waals surface area contributed by atoms with E-state index >= 15 is 0 Å². The van der Waals surface area contributed by atoms with Crippen molar-refractivity contribution in [2.24, 2.45) is 0 Å². The van der Waals surface area contributed by atoms with E-state index in [2.05, 4.69) is 86.9 Å². The fourth-order valence-corrected chi connectivity index (χ4v) is 4.98. The van der Waals surface area contributed by atoms with Crippen molar-refractivity contribution in [2.45, 2.75) is 39.3 Å². The molecule has 1 amide bonds. The molecule has 0 saturated heterocycles. The predicted molar refractivity (Wildman–Crippen MR) is 146 cm³/mol. The van der Waals surface area contributed by atoms with Crippen LogP contribution >= 0.6 is 0 Å². The zero-order valence-corrected chi connectivity index (χ0v) is 21.0. The van der Waals surface area contributed by atoms with E-state index in [0.29, 0.717) is 13.0 Å². The molecule has 4 aromatic rings. The van der Waals surface area contributed by atoms with E-state index < -0.39 is 0 Å². The summed E-state index contributed by atoms with van der Waals surface area (Å²) in [4.78, 5) is 25.8. The average Bonchev–Trinajstić information content (AvgIpc) is 3.26. The summed E-state index contributed by atoms with van der Waals surface area (Å²) in [7, 11) is 0. The molecule has 1 aromatic heterocycles. The Labute approximate surface area is 213 Å². The molecule has 0 bridgehead atoms. The van der Waals surface area contributed by atoms with Gasteiger partial charge in [-0.05, 0) is 54.7 Å². The smallest absolute Gasteiger partial charge is 0.223 e. The van der Waals surface area contributed by atoms with Crippen LogP contribution < -0.4 is 5.32 Å². The number of hydrogen-bond acceptors (Lipinski definition) is 4. The van der Waals surface area contributed by atoms with E-state index in [4.69, 9.17) is 0 Å². The van der Waals surface area contributed by atoms with Gasteiger partial charge < -0.3 is 15.2 Å². The summed E-state index contributed by atoms with van der Waals surface area (Å²) < 4.78 is 0. The van der Waals surface area contributed by atoms with Crippen molar-refractivity contribution in [1.82, 2.24) is 19.8 Å². The maximum Gasteiger partial charge on any atom is 0.223 e. The molecular formula is C30H35N5O. The first kappa shape index (κ1) is 24.1. The van der Waals surface area contributed by atoms with E-state index in [1.165, 1.54) is 11.1 Å². The normalized spacial score (nSPS) is 15.2. The van der Waals surface area contributed by atoms with Crippen molar-refractivity contribution >= 4 is 22.6 Å². The van der Waals surface area contributed by atoms with Gasteiger partial charge in [0.05, 0.1) is 11.0 Å². The van der Waals surface area contributed by atoms with E-state index in [1.54, 1.807) is 0 Å². The number of H-pyrrole nitrogens is 1. The van der Waals surface area contributed by atoms with Crippen LogP contribution in [0.2, 0.25) is 0 Å². The highest BCUT2D eigenvalue weighted by molar-refractivity contribution is 5.78. The van der Waals surface area contributed by atoms with Gasteiger partial charge >= 0.3 is 0 Å². The molecule has 5 rings (SSSR count). The number of aromatic amines is 1. The molecule has 0 saturated carbocycles.